The molecule has 3 saturated heterocycles. The van der Waals surface area contributed by atoms with Gasteiger partial charge in [-0.1, -0.05) is 24.3 Å². The Hall–Kier alpha value is -1.92. The third-order valence-corrected chi connectivity index (χ3v) is 6.47. The van der Waals surface area contributed by atoms with Crippen molar-refractivity contribution in [3.8, 4) is 0 Å². The molecule has 3 amide bonds. The van der Waals surface area contributed by atoms with Gasteiger partial charge >= 0.3 is 6.03 Å². The van der Waals surface area contributed by atoms with Gasteiger partial charge < -0.3 is 15.4 Å². The van der Waals surface area contributed by atoms with E-state index in [0.717, 1.165) is 49.9 Å². The normalized spacial score (nSPS) is 27.8. The predicted octanol–water partition coefficient (Wildman–Crippen LogP) is 2.01. The van der Waals surface area contributed by atoms with Gasteiger partial charge in [-0.25, -0.2) is 4.79 Å². The van der Waals surface area contributed by atoms with Gasteiger partial charge in [0.15, 0.2) is 0 Å². The highest BCUT2D eigenvalue weighted by Gasteiger charge is 2.57. The molecule has 3 fully saturated rings. The Kier molecular flexibility index (Phi) is 5.19. The minimum Gasteiger partial charge on any atom is -0.381 e. The number of urea groups is 1. The van der Waals surface area contributed by atoms with Crippen molar-refractivity contribution in [1.82, 2.24) is 15.5 Å². The van der Waals surface area contributed by atoms with Crippen molar-refractivity contribution >= 4 is 11.9 Å². The molecule has 0 aliphatic carbocycles. The number of carbonyl (C=O) groups is 2. The Morgan fingerprint density at radius 3 is 2.52 bits per heavy atom. The van der Waals surface area contributed by atoms with Crippen molar-refractivity contribution < 1.29 is 14.3 Å². The molecule has 146 valence electrons. The number of aryl methyl sites for hydroxylation is 1. The minimum absolute atomic E-state index is 0.0328. The van der Waals surface area contributed by atoms with Gasteiger partial charge in [0.2, 0.25) is 0 Å². The Morgan fingerprint density at radius 2 is 1.81 bits per heavy atom. The summed E-state index contributed by atoms with van der Waals surface area (Å²) in [5.74, 6) is 0.120. The van der Waals surface area contributed by atoms with Crippen molar-refractivity contribution in [2.75, 3.05) is 26.3 Å². The van der Waals surface area contributed by atoms with Crippen LogP contribution in [0.5, 0.6) is 0 Å². The molecule has 27 heavy (non-hydrogen) atoms. The molecule has 6 nitrogen and oxygen atoms in total. The molecule has 2 N–H and O–H groups in total. The van der Waals surface area contributed by atoms with E-state index in [4.69, 9.17) is 4.74 Å². The molecular formula is C21H29N3O3. The van der Waals surface area contributed by atoms with Gasteiger partial charge in [-0.15, -0.1) is 0 Å². The second-order valence-corrected chi connectivity index (χ2v) is 8.05. The highest BCUT2D eigenvalue weighted by molar-refractivity contribution is 6.07. The van der Waals surface area contributed by atoms with Crippen LogP contribution in [0.4, 0.5) is 4.79 Å². The zero-order valence-electron chi connectivity index (χ0n) is 16.0. The first-order valence-corrected chi connectivity index (χ1v) is 10.1. The van der Waals surface area contributed by atoms with Gasteiger partial charge in [0, 0.05) is 25.7 Å². The largest absolute Gasteiger partial charge is 0.381 e. The molecule has 3 aliphatic heterocycles. The number of nitrogens with zero attached hydrogens (tertiary/aromatic N) is 1. The maximum Gasteiger partial charge on any atom is 0.325 e. The topological polar surface area (TPSA) is 70.7 Å². The zero-order chi connectivity index (χ0) is 18.9. The van der Waals surface area contributed by atoms with Gasteiger partial charge in [0.1, 0.15) is 5.54 Å². The highest BCUT2D eigenvalue weighted by atomic mass is 16.5. The number of ether oxygens (including phenoxy) is 1. The van der Waals surface area contributed by atoms with Crippen molar-refractivity contribution in [1.29, 1.82) is 0 Å². The van der Waals surface area contributed by atoms with Gasteiger partial charge in [0.05, 0.1) is 0 Å². The maximum atomic E-state index is 13.7. The van der Waals surface area contributed by atoms with E-state index in [9.17, 15) is 9.59 Å². The molecule has 0 bridgehead atoms. The van der Waals surface area contributed by atoms with E-state index in [0.29, 0.717) is 19.6 Å². The Morgan fingerprint density at radius 1 is 1.11 bits per heavy atom. The summed E-state index contributed by atoms with van der Waals surface area (Å²) in [5.41, 5.74) is 1.47. The number of hydrogen-bond donors (Lipinski definition) is 2. The molecule has 4 rings (SSSR count). The lowest BCUT2D eigenvalue weighted by Crippen LogP contribution is -2.57. The van der Waals surface area contributed by atoms with Crippen LogP contribution in [-0.4, -0.2) is 54.7 Å². The number of carbonyl (C=O) groups excluding carboxylic acids is 2. The highest BCUT2D eigenvalue weighted by Crippen LogP contribution is 2.37. The van der Waals surface area contributed by atoms with Crippen LogP contribution in [0, 0.1) is 12.8 Å². The molecule has 3 aliphatic rings. The molecular weight excluding hydrogens is 342 g/mol. The average molecular weight is 371 g/mol. The SMILES string of the molecule is Cc1ccccc1C[C@@]1(C2CCNCC2)NC(=O)N(C2CCOCC2)C1=O. The molecule has 6 heteroatoms. The van der Waals surface area contributed by atoms with Gasteiger partial charge in [-0.3, -0.25) is 9.69 Å². The monoisotopic (exact) mass is 371 g/mol. The third-order valence-electron chi connectivity index (χ3n) is 6.47. The fraction of sp³-hybridized carbons (Fsp3) is 0.619. The van der Waals surface area contributed by atoms with Crippen molar-refractivity contribution in [3.63, 3.8) is 0 Å². The summed E-state index contributed by atoms with van der Waals surface area (Å²) in [6.45, 7) is 5.07. The van der Waals surface area contributed by atoms with Crippen LogP contribution >= 0.6 is 0 Å². The summed E-state index contributed by atoms with van der Waals surface area (Å²) >= 11 is 0. The number of benzene rings is 1. The molecule has 0 radical (unpaired) electrons. The van der Waals surface area contributed by atoms with Crippen molar-refractivity contribution in [2.24, 2.45) is 5.92 Å². The van der Waals surface area contributed by atoms with Crippen LogP contribution in [0.1, 0.15) is 36.8 Å². The summed E-state index contributed by atoms with van der Waals surface area (Å²) in [5, 5.41) is 6.56. The fourth-order valence-electron chi connectivity index (χ4n) is 4.85. The second-order valence-electron chi connectivity index (χ2n) is 8.05. The van der Waals surface area contributed by atoms with Crippen LogP contribution in [0.2, 0.25) is 0 Å². The Bertz CT molecular complexity index is 710. The number of nitrogens with one attached hydrogen (secondary N) is 2. The lowest BCUT2D eigenvalue weighted by molar-refractivity contribution is -0.136. The van der Waals surface area contributed by atoms with Gasteiger partial charge in [-0.2, -0.15) is 0 Å². The Balaban J connectivity index is 1.68. The van der Waals surface area contributed by atoms with Gasteiger partial charge in [0.25, 0.3) is 5.91 Å². The molecule has 1 atom stereocenters. The third kappa shape index (κ3) is 3.36. The summed E-state index contributed by atoms with van der Waals surface area (Å²) in [7, 11) is 0. The van der Waals surface area contributed by atoms with Crippen molar-refractivity contribution in [3.05, 3.63) is 35.4 Å². The summed E-state index contributed by atoms with van der Waals surface area (Å²) in [6, 6.07) is 7.90. The second kappa shape index (κ2) is 7.60. The van der Waals surface area contributed by atoms with E-state index >= 15 is 0 Å². The average Bonchev–Trinajstić information content (AvgIpc) is 2.95. The first-order chi connectivity index (χ1) is 13.1. The lowest BCUT2D eigenvalue weighted by atomic mass is 9.73. The minimum atomic E-state index is -0.830. The molecule has 0 aromatic heterocycles. The van der Waals surface area contributed by atoms with Crippen LogP contribution in [0.25, 0.3) is 0 Å². The molecule has 0 spiro atoms. The quantitative estimate of drug-likeness (QED) is 0.795. The predicted molar refractivity (Wildman–Crippen MR) is 102 cm³/mol. The number of piperidine rings is 1. The molecule has 0 unspecified atom stereocenters. The molecule has 3 heterocycles. The van der Waals surface area contributed by atoms with E-state index in [-0.39, 0.29) is 23.9 Å². The van der Waals surface area contributed by atoms with E-state index in [1.807, 2.05) is 12.1 Å². The lowest BCUT2D eigenvalue weighted by Gasteiger charge is -2.39. The number of rotatable bonds is 4. The number of imide groups is 1. The van der Waals surface area contributed by atoms with Gasteiger partial charge in [-0.05, 0) is 62.7 Å². The van der Waals surface area contributed by atoms with E-state index in [2.05, 4.69) is 29.7 Å². The van der Waals surface area contributed by atoms with Crippen molar-refractivity contribution in [2.45, 2.75) is 50.6 Å². The van der Waals surface area contributed by atoms with Crippen LogP contribution in [0.3, 0.4) is 0 Å². The summed E-state index contributed by atoms with van der Waals surface area (Å²) in [6.07, 6.45) is 3.82. The molecule has 0 saturated carbocycles. The Labute approximate surface area is 160 Å². The first-order valence-electron chi connectivity index (χ1n) is 10.1. The first kappa shape index (κ1) is 18.4. The summed E-state index contributed by atoms with van der Waals surface area (Å²) in [4.78, 5) is 28.2. The van der Waals surface area contributed by atoms with E-state index < -0.39 is 5.54 Å². The van der Waals surface area contributed by atoms with Crippen LogP contribution in [-0.2, 0) is 16.0 Å². The zero-order valence-corrected chi connectivity index (χ0v) is 16.0. The maximum absolute atomic E-state index is 13.7. The number of hydrogen-bond acceptors (Lipinski definition) is 4. The van der Waals surface area contributed by atoms with E-state index in [1.165, 1.54) is 4.90 Å². The molecule has 1 aromatic rings. The summed E-state index contributed by atoms with van der Waals surface area (Å²) < 4.78 is 5.43. The van der Waals surface area contributed by atoms with E-state index in [1.54, 1.807) is 0 Å². The number of amides is 3. The van der Waals surface area contributed by atoms with Crippen LogP contribution in [0.15, 0.2) is 24.3 Å². The standard InChI is InChI=1S/C21H29N3O3/c1-15-4-2-3-5-16(15)14-21(17-6-10-22-11-7-17)19(25)24(20(26)23-21)18-8-12-27-13-9-18/h2-5,17-18,22H,6-14H2,1H3,(H,23,26)/t21-/m0/s1. The fourth-order valence-corrected chi connectivity index (χ4v) is 4.85. The van der Waals surface area contributed by atoms with Crippen LogP contribution < -0.4 is 10.6 Å². The molecule has 1 aromatic carbocycles. The smallest absolute Gasteiger partial charge is 0.325 e.